The van der Waals surface area contributed by atoms with Crippen molar-refractivity contribution in [2.45, 2.75) is 6.92 Å². The van der Waals surface area contributed by atoms with Gasteiger partial charge < -0.3 is 9.64 Å². The molecule has 0 unspecified atom stereocenters. The standard InChI is InChI=1S/C14H19N5OS2/c1-4-20-14(22)18-16-12(11-8-6-5-7-9-11)10-15-17-13(21)19(2)3/h5-10H,4H2,1-3H3,(H,17,21)(H,18,22)/b15-10+,16-12-. The van der Waals surface area contributed by atoms with E-state index in [4.69, 9.17) is 29.2 Å². The van der Waals surface area contributed by atoms with Gasteiger partial charge in [0.2, 0.25) is 0 Å². The summed E-state index contributed by atoms with van der Waals surface area (Å²) >= 11 is 10.1. The number of hydrogen-bond donors (Lipinski definition) is 2. The average Bonchev–Trinajstić information content (AvgIpc) is 2.51. The summed E-state index contributed by atoms with van der Waals surface area (Å²) < 4.78 is 5.13. The zero-order valence-corrected chi connectivity index (χ0v) is 14.4. The maximum Gasteiger partial charge on any atom is 0.277 e. The molecule has 0 aliphatic carbocycles. The number of rotatable bonds is 5. The molecule has 1 rings (SSSR count). The average molecular weight is 337 g/mol. The Morgan fingerprint density at radius 1 is 1.23 bits per heavy atom. The molecule has 0 aliphatic rings. The summed E-state index contributed by atoms with van der Waals surface area (Å²) in [5.74, 6) is 0. The van der Waals surface area contributed by atoms with Gasteiger partial charge in [0, 0.05) is 19.7 Å². The van der Waals surface area contributed by atoms with Gasteiger partial charge in [-0.2, -0.15) is 10.2 Å². The molecule has 0 aliphatic heterocycles. The quantitative estimate of drug-likeness (QED) is 0.485. The predicted molar refractivity (Wildman–Crippen MR) is 98.3 cm³/mol. The Kier molecular flexibility index (Phi) is 8.01. The second-order valence-electron chi connectivity index (χ2n) is 4.26. The van der Waals surface area contributed by atoms with Crippen LogP contribution in [0.1, 0.15) is 12.5 Å². The molecule has 1 aromatic rings. The molecule has 6 nitrogen and oxygen atoms in total. The van der Waals surface area contributed by atoms with Gasteiger partial charge in [-0.05, 0) is 31.4 Å². The molecule has 0 saturated carbocycles. The summed E-state index contributed by atoms with van der Waals surface area (Å²) in [6.45, 7) is 2.33. The largest absolute Gasteiger partial charge is 0.470 e. The van der Waals surface area contributed by atoms with Crippen LogP contribution >= 0.6 is 24.4 Å². The van der Waals surface area contributed by atoms with Crippen molar-refractivity contribution in [3.63, 3.8) is 0 Å². The highest BCUT2D eigenvalue weighted by atomic mass is 32.1. The molecule has 0 amide bonds. The van der Waals surface area contributed by atoms with Crippen LogP contribution in [0.5, 0.6) is 0 Å². The zero-order valence-electron chi connectivity index (χ0n) is 12.7. The summed E-state index contributed by atoms with van der Waals surface area (Å²) in [7, 11) is 3.66. The van der Waals surface area contributed by atoms with Gasteiger partial charge in [-0.3, -0.25) is 5.43 Å². The van der Waals surface area contributed by atoms with Crippen LogP contribution < -0.4 is 10.9 Å². The van der Waals surface area contributed by atoms with Crippen LogP contribution in [0.2, 0.25) is 0 Å². The van der Waals surface area contributed by atoms with Crippen LogP contribution in [0.15, 0.2) is 40.5 Å². The van der Waals surface area contributed by atoms with Gasteiger partial charge in [0.15, 0.2) is 5.11 Å². The summed E-state index contributed by atoms with van der Waals surface area (Å²) in [4.78, 5) is 1.74. The molecule has 0 radical (unpaired) electrons. The van der Waals surface area contributed by atoms with E-state index in [0.717, 1.165) is 5.56 Å². The van der Waals surface area contributed by atoms with Crippen molar-refractivity contribution in [2.24, 2.45) is 10.2 Å². The SMILES string of the molecule is CCOC(=S)N/N=C(/C=N/NC(=S)N(C)C)c1ccccc1. The van der Waals surface area contributed by atoms with Crippen molar-refractivity contribution in [1.29, 1.82) is 0 Å². The van der Waals surface area contributed by atoms with Crippen LogP contribution in [-0.4, -0.2) is 47.8 Å². The fraction of sp³-hybridized carbons (Fsp3) is 0.286. The molecular weight excluding hydrogens is 318 g/mol. The van der Waals surface area contributed by atoms with Gasteiger partial charge in [0.1, 0.15) is 5.71 Å². The van der Waals surface area contributed by atoms with Crippen LogP contribution in [0.25, 0.3) is 0 Å². The van der Waals surface area contributed by atoms with Crippen LogP contribution in [-0.2, 0) is 4.74 Å². The minimum absolute atomic E-state index is 0.209. The first kappa shape index (κ1) is 18.0. The lowest BCUT2D eigenvalue weighted by Gasteiger charge is -2.11. The first-order valence-corrected chi connectivity index (χ1v) is 7.42. The third-order valence-electron chi connectivity index (χ3n) is 2.37. The second kappa shape index (κ2) is 9.80. The number of benzene rings is 1. The van der Waals surface area contributed by atoms with E-state index in [1.807, 2.05) is 51.4 Å². The number of nitrogens with zero attached hydrogens (tertiary/aromatic N) is 3. The van der Waals surface area contributed by atoms with Crippen LogP contribution in [0.4, 0.5) is 0 Å². The predicted octanol–water partition coefficient (Wildman–Crippen LogP) is 1.72. The Balaban J connectivity index is 2.83. The van der Waals surface area contributed by atoms with Gasteiger partial charge >= 0.3 is 0 Å². The maximum absolute atomic E-state index is 5.13. The number of hydrogen-bond acceptors (Lipinski definition) is 5. The van der Waals surface area contributed by atoms with Gasteiger partial charge in [-0.25, -0.2) is 5.43 Å². The lowest BCUT2D eigenvalue weighted by atomic mass is 10.1. The van der Waals surface area contributed by atoms with Crippen LogP contribution in [0, 0.1) is 0 Å². The highest BCUT2D eigenvalue weighted by molar-refractivity contribution is 7.80. The lowest BCUT2D eigenvalue weighted by molar-refractivity contribution is 0.321. The molecule has 0 atom stereocenters. The van der Waals surface area contributed by atoms with E-state index in [9.17, 15) is 0 Å². The Morgan fingerprint density at radius 3 is 2.50 bits per heavy atom. The fourth-order valence-electron chi connectivity index (χ4n) is 1.29. The van der Waals surface area contributed by atoms with Gasteiger partial charge in [-0.15, -0.1) is 0 Å². The van der Waals surface area contributed by atoms with Crippen molar-refractivity contribution in [3.05, 3.63) is 35.9 Å². The number of thiocarbonyl (C=S) groups is 2. The van der Waals surface area contributed by atoms with Crippen molar-refractivity contribution in [2.75, 3.05) is 20.7 Å². The molecule has 0 spiro atoms. The highest BCUT2D eigenvalue weighted by Gasteiger charge is 2.02. The van der Waals surface area contributed by atoms with Crippen molar-refractivity contribution >= 4 is 46.6 Å². The summed E-state index contributed by atoms with van der Waals surface area (Å²) in [6.07, 6.45) is 1.56. The Bertz CT molecular complexity index is 558. The van der Waals surface area contributed by atoms with Crippen LogP contribution in [0.3, 0.4) is 0 Å². The maximum atomic E-state index is 5.13. The van der Waals surface area contributed by atoms with E-state index in [1.54, 1.807) is 11.1 Å². The smallest absolute Gasteiger partial charge is 0.277 e. The number of ether oxygens (including phenoxy) is 1. The molecule has 0 heterocycles. The molecule has 118 valence electrons. The second-order valence-corrected chi connectivity index (χ2v) is 5.02. The summed E-state index contributed by atoms with van der Waals surface area (Å²) in [6, 6.07) is 9.59. The van der Waals surface area contributed by atoms with E-state index < -0.39 is 0 Å². The monoisotopic (exact) mass is 337 g/mol. The van der Waals surface area contributed by atoms with E-state index in [2.05, 4.69) is 21.1 Å². The Hall–Kier alpha value is -2.06. The van der Waals surface area contributed by atoms with E-state index >= 15 is 0 Å². The van der Waals surface area contributed by atoms with Gasteiger partial charge in [-0.1, -0.05) is 30.3 Å². The summed E-state index contributed by atoms with van der Waals surface area (Å²) in [5, 5.41) is 9.00. The van der Waals surface area contributed by atoms with Gasteiger partial charge in [0.05, 0.1) is 12.8 Å². The zero-order chi connectivity index (χ0) is 16.4. The van der Waals surface area contributed by atoms with Crippen molar-refractivity contribution in [1.82, 2.24) is 15.8 Å². The molecular formula is C14H19N5OS2. The van der Waals surface area contributed by atoms with Crippen molar-refractivity contribution in [3.8, 4) is 0 Å². The molecule has 0 fully saturated rings. The molecule has 0 saturated heterocycles. The number of hydrazone groups is 2. The highest BCUT2D eigenvalue weighted by Crippen LogP contribution is 1.99. The molecule has 0 bridgehead atoms. The first-order chi connectivity index (χ1) is 10.5. The van der Waals surface area contributed by atoms with E-state index in [-0.39, 0.29) is 5.17 Å². The van der Waals surface area contributed by atoms with E-state index in [0.29, 0.717) is 17.4 Å². The Morgan fingerprint density at radius 2 is 1.91 bits per heavy atom. The normalized spacial score (nSPS) is 11.1. The fourth-order valence-corrected chi connectivity index (χ4v) is 1.51. The molecule has 1 aromatic carbocycles. The third-order valence-corrected chi connectivity index (χ3v) is 3.03. The molecule has 2 N–H and O–H groups in total. The van der Waals surface area contributed by atoms with Gasteiger partial charge in [0.25, 0.3) is 5.17 Å². The topological polar surface area (TPSA) is 61.2 Å². The Labute approximate surface area is 141 Å². The van der Waals surface area contributed by atoms with Crippen molar-refractivity contribution < 1.29 is 4.74 Å². The first-order valence-electron chi connectivity index (χ1n) is 6.60. The third kappa shape index (κ3) is 6.59. The van der Waals surface area contributed by atoms with E-state index in [1.165, 1.54) is 0 Å². The molecule has 8 heteroatoms. The summed E-state index contributed by atoms with van der Waals surface area (Å²) in [5.41, 5.74) is 6.91. The molecule has 0 aromatic heterocycles. The molecule has 22 heavy (non-hydrogen) atoms. The minimum Gasteiger partial charge on any atom is -0.470 e. The minimum atomic E-state index is 0.209. The lowest BCUT2D eigenvalue weighted by Crippen LogP contribution is -2.31. The number of nitrogens with one attached hydrogen (secondary N) is 2.